The number of benzene rings is 1. The van der Waals surface area contributed by atoms with E-state index in [0.717, 1.165) is 0 Å². The normalized spacial score (nSPS) is 14.4. The molecule has 25 heavy (non-hydrogen) atoms. The van der Waals surface area contributed by atoms with Gasteiger partial charge >= 0.3 is 0 Å². The second-order valence-corrected chi connectivity index (χ2v) is 6.46. The summed E-state index contributed by atoms with van der Waals surface area (Å²) in [6.07, 6.45) is 1.53. The minimum atomic E-state index is -0.394. The Morgan fingerprint density at radius 1 is 1.28 bits per heavy atom. The largest absolute Gasteiger partial charge is 0.466 e. The van der Waals surface area contributed by atoms with Crippen LogP contribution in [-0.2, 0) is 15.1 Å². The van der Waals surface area contributed by atoms with E-state index in [-0.39, 0.29) is 23.9 Å². The summed E-state index contributed by atoms with van der Waals surface area (Å²) in [7, 11) is 0. The molecule has 0 saturated heterocycles. The lowest BCUT2D eigenvalue weighted by Gasteiger charge is -2.17. The highest BCUT2D eigenvalue weighted by molar-refractivity contribution is 6.02. The van der Waals surface area contributed by atoms with Gasteiger partial charge in [-0.15, -0.1) is 10.2 Å². The molecule has 0 unspecified atom stereocenters. The fourth-order valence-corrected chi connectivity index (χ4v) is 2.03. The van der Waals surface area contributed by atoms with E-state index in [0.29, 0.717) is 17.1 Å². The van der Waals surface area contributed by atoms with Crippen LogP contribution in [0.2, 0.25) is 0 Å². The molecule has 1 aromatic heterocycles. The Balaban J connectivity index is 1.68. The van der Waals surface area contributed by atoms with Gasteiger partial charge in [0.15, 0.2) is 6.61 Å². The Morgan fingerprint density at radius 3 is 2.56 bits per heavy atom. The second kappa shape index (κ2) is 6.34. The third kappa shape index (κ3) is 3.82. The van der Waals surface area contributed by atoms with Gasteiger partial charge in [-0.1, -0.05) is 0 Å². The fourth-order valence-electron chi connectivity index (χ4n) is 2.03. The van der Waals surface area contributed by atoms with Crippen molar-refractivity contribution in [3.05, 3.63) is 42.0 Å². The molecule has 0 fully saturated rings. The fraction of sp³-hybridized carbons (Fsp3) is 0.312. The standard InChI is InChI=1S/C16H18N6O3/c1-16(2,3)22-9-17-13(21-22)14(24)18-11-6-4-10(5-7-11)15-20-19-12(23)8-25-15/h4-7,9H,8H2,1-3H3,(H,18,24)(H,19,23). The number of carbonyl (C=O) groups excluding carboxylic acids is 2. The molecular formula is C16H18N6O3. The van der Waals surface area contributed by atoms with Crippen LogP contribution in [0.5, 0.6) is 0 Å². The van der Waals surface area contributed by atoms with Crippen LogP contribution in [0.15, 0.2) is 35.7 Å². The first-order valence-electron chi connectivity index (χ1n) is 7.66. The first-order chi connectivity index (χ1) is 11.8. The summed E-state index contributed by atoms with van der Waals surface area (Å²) in [5, 5.41) is 10.8. The molecule has 2 heterocycles. The summed E-state index contributed by atoms with van der Waals surface area (Å²) in [6, 6.07) is 6.87. The predicted octanol–water partition coefficient (Wildman–Crippen LogP) is 1.09. The number of amides is 2. The molecule has 0 aliphatic carbocycles. The van der Waals surface area contributed by atoms with E-state index in [4.69, 9.17) is 4.74 Å². The Kier molecular flexibility index (Phi) is 4.22. The molecule has 0 atom stereocenters. The SMILES string of the molecule is CC(C)(C)n1cnc(C(=O)Nc2ccc(C3=NNC(=O)CO3)cc2)n1. The molecule has 0 radical (unpaired) electrons. The van der Waals surface area contributed by atoms with Gasteiger partial charge < -0.3 is 10.1 Å². The smallest absolute Gasteiger partial charge is 0.295 e. The minimum Gasteiger partial charge on any atom is -0.466 e. The maximum Gasteiger partial charge on any atom is 0.295 e. The van der Waals surface area contributed by atoms with E-state index >= 15 is 0 Å². The Morgan fingerprint density at radius 2 is 2.00 bits per heavy atom. The van der Waals surface area contributed by atoms with Gasteiger partial charge in [0.25, 0.3) is 11.8 Å². The molecule has 2 aromatic rings. The summed E-state index contributed by atoms with van der Waals surface area (Å²) < 4.78 is 6.87. The molecule has 9 heteroatoms. The average Bonchev–Trinajstić information content (AvgIpc) is 3.07. The van der Waals surface area contributed by atoms with Crippen LogP contribution >= 0.6 is 0 Å². The summed E-state index contributed by atoms with van der Waals surface area (Å²) in [5.74, 6) is -0.270. The highest BCUT2D eigenvalue weighted by Gasteiger charge is 2.19. The number of ether oxygens (including phenoxy) is 1. The van der Waals surface area contributed by atoms with Gasteiger partial charge in [-0.05, 0) is 45.0 Å². The molecule has 0 spiro atoms. The van der Waals surface area contributed by atoms with Crippen LogP contribution < -0.4 is 10.7 Å². The van der Waals surface area contributed by atoms with Gasteiger partial charge in [0, 0.05) is 11.3 Å². The number of hydrogen-bond donors (Lipinski definition) is 2. The highest BCUT2D eigenvalue weighted by atomic mass is 16.5. The van der Waals surface area contributed by atoms with Crippen molar-refractivity contribution in [3.63, 3.8) is 0 Å². The summed E-state index contributed by atoms with van der Waals surface area (Å²) in [4.78, 5) is 27.3. The monoisotopic (exact) mass is 342 g/mol. The molecule has 0 bridgehead atoms. The lowest BCUT2D eigenvalue weighted by molar-refractivity contribution is -0.124. The third-order valence-electron chi connectivity index (χ3n) is 3.39. The number of hydrazone groups is 1. The molecular weight excluding hydrogens is 324 g/mol. The molecule has 3 rings (SSSR count). The highest BCUT2D eigenvalue weighted by Crippen LogP contribution is 2.14. The van der Waals surface area contributed by atoms with Crippen molar-refractivity contribution in [2.24, 2.45) is 5.10 Å². The van der Waals surface area contributed by atoms with Crippen LogP contribution in [-0.4, -0.2) is 39.1 Å². The third-order valence-corrected chi connectivity index (χ3v) is 3.39. The number of hydrogen-bond acceptors (Lipinski definition) is 6. The molecule has 1 aromatic carbocycles. The van der Waals surface area contributed by atoms with Gasteiger partial charge in [0.2, 0.25) is 11.7 Å². The minimum absolute atomic E-state index is 0.0700. The zero-order valence-corrected chi connectivity index (χ0v) is 14.1. The van der Waals surface area contributed by atoms with Crippen LogP contribution in [0.4, 0.5) is 5.69 Å². The molecule has 1 aliphatic heterocycles. The van der Waals surface area contributed by atoms with E-state index < -0.39 is 5.91 Å². The van der Waals surface area contributed by atoms with E-state index in [9.17, 15) is 9.59 Å². The Hall–Kier alpha value is -3.23. The topological polar surface area (TPSA) is 110 Å². The lowest BCUT2D eigenvalue weighted by atomic mass is 10.1. The maximum absolute atomic E-state index is 12.2. The van der Waals surface area contributed by atoms with Crippen molar-refractivity contribution >= 4 is 23.4 Å². The van der Waals surface area contributed by atoms with Crippen LogP contribution in [0.1, 0.15) is 37.0 Å². The summed E-state index contributed by atoms with van der Waals surface area (Å²) in [5.41, 5.74) is 3.37. The number of aromatic nitrogens is 3. The average molecular weight is 342 g/mol. The molecule has 2 amide bonds. The number of carbonyl (C=O) groups is 2. The van der Waals surface area contributed by atoms with Crippen molar-refractivity contribution in [1.82, 2.24) is 20.2 Å². The molecule has 9 nitrogen and oxygen atoms in total. The molecule has 2 N–H and O–H groups in total. The Bertz CT molecular complexity index is 832. The van der Waals surface area contributed by atoms with E-state index in [1.165, 1.54) is 6.33 Å². The zero-order chi connectivity index (χ0) is 18.0. The first kappa shape index (κ1) is 16.6. The van der Waals surface area contributed by atoms with Crippen molar-refractivity contribution in [2.75, 3.05) is 11.9 Å². The van der Waals surface area contributed by atoms with Crippen molar-refractivity contribution < 1.29 is 14.3 Å². The predicted molar refractivity (Wildman–Crippen MR) is 90.0 cm³/mol. The van der Waals surface area contributed by atoms with Gasteiger partial charge in [0.1, 0.15) is 6.33 Å². The van der Waals surface area contributed by atoms with Gasteiger partial charge in [-0.3, -0.25) is 9.59 Å². The first-order valence-corrected chi connectivity index (χ1v) is 7.66. The second-order valence-electron chi connectivity index (χ2n) is 6.46. The van der Waals surface area contributed by atoms with Gasteiger partial charge in [0.05, 0.1) is 5.54 Å². The number of nitrogens with one attached hydrogen (secondary N) is 2. The molecule has 0 saturated carbocycles. The maximum atomic E-state index is 12.2. The van der Waals surface area contributed by atoms with Crippen molar-refractivity contribution in [3.8, 4) is 0 Å². The summed E-state index contributed by atoms with van der Waals surface area (Å²) >= 11 is 0. The van der Waals surface area contributed by atoms with Crippen LogP contribution in [0, 0.1) is 0 Å². The van der Waals surface area contributed by atoms with Crippen molar-refractivity contribution in [1.29, 1.82) is 0 Å². The van der Waals surface area contributed by atoms with Crippen molar-refractivity contribution in [2.45, 2.75) is 26.3 Å². The number of nitrogens with zero attached hydrogens (tertiary/aromatic N) is 4. The quantitative estimate of drug-likeness (QED) is 0.867. The Labute approximate surface area is 144 Å². The van der Waals surface area contributed by atoms with E-state index in [1.807, 2.05) is 20.8 Å². The number of rotatable bonds is 3. The number of anilines is 1. The van der Waals surface area contributed by atoms with Crippen LogP contribution in [0.25, 0.3) is 0 Å². The van der Waals surface area contributed by atoms with Crippen LogP contribution in [0.3, 0.4) is 0 Å². The molecule has 130 valence electrons. The van der Waals surface area contributed by atoms with E-state index in [2.05, 4.69) is 25.9 Å². The zero-order valence-electron chi connectivity index (χ0n) is 14.1. The van der Waals surface area contributed by atoms with Gasteiger partial charge in [-0.2, -0.15) is 0 Å². The summed E-state index contributed by atoms with van der Waals surface area (Å²) in [6.45, 7) is 5.85. The molecule has 1 aliphatic rings. The van der Waals surface area contributed by atoms with E-state index in [1.54, 1.807) is 28.9 Å². The van der Waals surface area contributed by atoms with Gasteiger partial charge in [-0.25, -0.2) is 15.1 Å². The lowest BCUT2D eigenvalue weighted by Crippen LogP contribution is -2.32.